The number of halogens is 1. The number of hydrogen-bond donors (Lipinski definition) is 3. The molecular weight excluding hydrogens is 712 g/mol. The van der Waals surface area contributed by atoms with E-state index in [4.69, 9.17) is 20.5 Å². The molecule has 2 atom stereocenters. The molecule has 0 aliphatic rings. The third-order valence-electron chi connectivity index (χ3n) is 8.15. The van der Waals surface area contributed by atoms with Crippen LogP contribution in [0.25, 0.3) is 0 Å². The molecule has 0 saturated carbocycles. The fourth-order valence-electron chi connectivity index (χ4n) is 5.32. The van der Waals surface area contributed by atoms with Crippen molar-refractivity contribution in [1.82, 2.24) is 0 Å². The van der Waals surface area contributed by atoms with Gasteiger partial charge in [-0.2, -0.15) is 0 Å². The average Bonchev–Trinajstić information content (AvgIpc) is 3.09. The number of sulfonamides is 1. The van der Waals surface area contributed by atoms with Gasteiger partial charge in [0.25, 0.3) is 5.91 Å². The molecule has 0 aliphatic carbocycles. The van der Waals surface area contributed by atoms with E-state index in [1.807, 2.05) is 0 Å². The molecule has 2 unspecified atom stereocenters. The molecule has 0 aromatic heterocycles. The van der Waals surface area contributed by atoms with Gasteiger partial charge in [0, 0.05) is 0 Å². The van der Waals surface area contributed by atoms with Crippen LogP contribution in [0, 0.1) is 0 Å². The highest BCUT2D eigenvalue weighted by Crippen LogP contribution is 2.27. The minimum Gasteiger partial charge on any atom is -0.508 e. The van der Waals surface area contributed by atoms with Gasteiger partial charge in [-0.25, -0.2) is 12.6 Å². The van der Waals surface area contributed by atoms with Gasteiger partial charge < -0.3 is 19.3 Å². The van der Waals surface area contributed by atoms with Crippen molar-refractivity contribution in [3.63, 3.8) is 0 Å². The highest BCUT2D eigenvalue weighted by atomic mass is 35.5. The van der Waals surface area contributed by atoms with Gasteiger partial charge in [-0.05, 0) is 80.1 Å². The zero-order chi connectivity index (χ0) is 37.1. The number of carbonyl (C=O) groups is 2. The molecule has 280 valence electrons. The SMILES string of the molecule is CCCCCCCCCCCCCCCCS(=O)(=O)Nc1ccc(Cl)c(NC(=O)C(Oc2ccc(S(=O)Oc3ccc(O)cc3)cc2)C(C)=O)c1. The Bertz CT molecular complexity index is 1650. The Labute approximate surface area is 310 Å². The molecule has 0 fully saturated rings. The van der Waals surface area contributed by atoms with Crippen LogP contribution >= 0.6 is 11.6 Å². The number of phenols is 1. The Kier molecular flexibility index (Phi) is 18.3. The van der Waals surface area contributed by atoms with Gasteiger partial charge >= 0.3 is 0 Å². The molecule has 1 amide bonds. The summed E-state index contributed by atoms with van der Waals surface area (Å²) >= 11 is 4.43. The van der Waals surface area contributed by atoms with Crippen molar-refractivity contribution in [2.24, 2.45) is 0 Å². The predicted molar refractivity (Wildman–Crippen MR) is 204 cm³/mol. The largest absolute Gasteiger partial charge is 0.508 e. The van der Waals surface area contributed by atoms with Crippen LogP contribution in [-0.2, 0) is 30.7 Å². The average molecular weight is 763 g/mol. The van der Waals surface area contributed by atoms with Gasteiger partial charge in [0.15, 0.2) is 5.78 Å². The number of nitrogens with one attached hydrogen (secondary N) is 2. The maximum Gasteiger partial charge on any atom is 0.273 e. The lowest BCUT2D eigenvalue weighted by molar-refractivity contribution is -0.133. The zero-order valence-electron chi connectivity index (χ0n) is 29.5. The number of anilines is 2. The minimum absolute atomic E-state index is 0.0229. The number of carbonyl (C=O) groups excluding carboxylic acids is 2. The Morgan fingerprint density at radius 3 is 1.86 bits per heavy atom. The summed E-state index contributed by atoms with van der Waals surface area (Å²) < 4.78 is 51.7. The third-order valence-corrected chi connectivity index (χ3v) is 10.9. The van der Waals surface area contributed by atoms with Crippen molar-refractivity contribution in [1.29, 1.82) is 0 Å². The summed E-state index contributed by atoms with van der Waals surface area (Å²) in [5.74, 6) is -0.923. The highest BCUT2D eigenvalue weighted by Gasteiger charge is 2.27. The van der Waals surface area contributed by atoms with Gasteiger partial charge in [0.2, 0.25) is 27.2 Å². The number of unbranched alkanes of at least 4 members (excludes halogenated alkanes) is 13. The van der Waals surface area contributed by atoms with Gasteiger partial charge in [-0.1, -0.05) is 102 Å². The standard InChI is InChI=1S/C38H51ClN2O8S2/c1-3-4-5-6-7-8-9-10-11-12-13-14-15-16-27-51(46,47)41-30-17-26-35(39)36(28-30)40-38(44)37(29(2)42)48-32-22-24-34(25-23-32)50(45)49-33-20-18-31(43)19-21-33/h17-26,28,37,41,43H,3-16,27H2,1-2H3,(H,40,44). The highest BCUT2D eigenvalue weighted by molar-refractivity contribution is 7.92. The Morgan fingerprint density at radius 1 is 0.784 bits per heavy atom. The first-order valence-electron chi connectivity index (χ1n) is 17.7. The van der Waals surface area contributed by atoms with Crippen molar-refractivity contribution in [3.05, 3.63) is 71.8 Å². The maximum absolute atomic E-state index is 13.1. The van der Waals surface area contributed by atoms with Gasteiger partial charge in [0.1, 0.15) is 17.2 Å². The topological polar surface area (TPSA) is 148 Å². The lowest BCUT2D eigenvalue weighted by Crippen LogP contribution is -2.38. The van der Waals surface area contributed by atoms with Crippen molar-refractivity contribution >= 4 is 55.8 Å². The first-order chi connectivity index (χ1) is 24.5. The smallest absolute Gasteiger partial charge is 0.273 e. The number of ketones is 1. The van der Waals surface area contributed by atoms with E-state index in [0.717, 1.165) is 19.3 Å². The molecule has 3 aromatic rings. The number of Topliss-reactive ketones (excluding diaryl/α,β-unsaturated/α-hetero) is 1. The fourth-order valence-corrected chi connectivity index (χ4v) is 7.40. The fraction of sp³-hybridized carbons (Fsp3) is 0.474. The van der Waals surface area contributed by atoms with Crippen molar-refractivity contribution in [3.8, 4) is 17.2 Å². The minimum atomic E-state index is -3.63. The number of aromatic hydroxyl groups is 1. The zero-order valence-corrected chi connectivity index (χ0v) is 31.9. The lowest BCUT2D eigenvalue weighted by atomic mass is 10.0. The first kappa shape index (κ1) is 41.8. The molecule has 10 nitrogen and oxygen atoms in total. The Balaban J connectivity index is 1.43. The van der Waals surface area contributed by atoms with E-state index in [2.05, 4.69) is 17.0 Å². The molecule has 0 heterocycles. The van der Waals surface area contributed by atoms with Crippen molar-refractivity contribution < 1.29 is 36.2 Å². The van der Waals surface area contributed by atoms with Crippen LogP contribution in [0.3, 0.4) is 0 Å². The van der Waals surface area contributed by atoms with E-state index in [1.54, 1.807) is 0 Å². The van der Waals surface area contributed by atoms with Gasteiger partial charge in [-0.15, -0.1) is 0 Å². The van der Waals surface area contributed by atoms with Gasteiger partial charge in [0.05, 0.1) is 27.0 Å². The number of ether oxygens (including phenoxy) is 1. The molecule has 51 heavy (non-hydrogen) atoms. The lowest BCUT2D eigenvalue weighted by Gasteiger charge is -2.18. The quantitative estimate of drug-likeness (QED) is 0.0571. The van der Waals surface area contributed by atoms with Crippen LogP contribution in [0.4, 0.5) is 11.4 Å². The first-order valence-corrected chi connectivity index (χ1v) is 20.8. The molecule has 13 heteroatoms. The van der Waals surface area contributed by atoms with Crippen LogP contribution in [0.2, 0.25) is 5.02 Å². The summed E-state index contributed by atoms with van der Waals surface area (Å²) in [5.41, 5.74) is 0.323. The Hall–Kier alpha value is -3.61. The third kappa shape index (κ3) is 16.1. The molecular formula is C38H51ClN2O8S2. The second-order valence-electron chi connectivity index (χ2n) is 12.6. The summed E-state index contributed by atoms with van der Waals surface area (Å²) in [6.45, 7) is 3.43. The van der Waals surface area contributed by atoms with E-state index in [9.17, 15) is 27.3 Å². The Morgan fingerprint density at radius 2 is 1.31 bits per heavy atom. The summed E-state index contributed by atoms with van der Waals surface area (Å²) in [7, 11) is -3.63. The van der Waals surface area contributed by atoms with Crippen LogP contribution in [-0.4, -0.2) is 41.3 Å². The molecule has 3 rings (SSSR count). The summed E-state index contributed by atoms with van der Waals surface area (Å²) in [6, 6.07) is 15.9. The molecule has 0 radical (unpaired) electrons. The molecule has 3 N–H and O–H groups in total. The number of amides is 1. The van der Waals surface area contributed by atoms with Crippen LogP contribution in [0.15, 0.2) is 71.6 Å². The van der Waals surface area contributed by atoms with Gasteiger partial charge in [-0.3, -0.25) is 14.3 Å². The normalized spacial score (nSPS) is 12.5. The number of phenolic OH excluding ortho intramolecular Hbond substituents is 1. The van der Waals surface area contributed by atoms with Crippen LogP contribution < -0.4 is 19.0 Å². The maximum atomic E-state index is 13.1. The predicted octanol–water partition coefficient (Wildman–Crippen LogP) is 9.35. The van der Waals surface area contributed by atoms with E-state index in [-0.39, 0.29) is 33.6 Å². The summed E-state index contributed by atoms with van der Waals surface area (Å²) in [4.78, 5) is 25.8. The monoisotopic (exact) mass is 762 g/mol. The van der Waals surface area contributed by atoms with Crippen molar-refractivity contribution in [2.75, 3.05) is 15.8 Å². The van der Waals surface area contributed by atoms with Crippen LogP contribution in [0.1, 0.15) is 104 Å². The molecule has 0 spiro atoms. The number of rotatable bonds is 25. The molecule has 3 aromatic carbocycles. The molecule has 0 saturated heterocycles. The molecule has 0 bridgehead atoms. The van der Waals surface area contributed by atoms with Crippen molar-refractivity contribution in [2.45, 2.75) is 115 Å². The van der Waals surface area contributed by atoms with E-state index in [1.165, 1.54) is 138 Å². The second-order valence-corrected chi connectivity index (χ2v) is 15.9. The molecule has 0 aliphatic heterocycles. The second kappa shape index (κ2) is 22.4. The number of benzene rings is 3. The number of hydrogen-bond acceptors (Lipinski definition) is 8. The summed E-state index contributed by atoms with van der Waals surface area (Å²) in [6.07, 6.45) is 14.9. The summed E-state index contributed by atoms with van der Waals surface area (Å²) in [5, 5.41) is 12.1. The van der Waals surface area contributed by atoms with E-state index >= 15 is 0 Å². The van der Waals surface area contributed by atoms with Crippen LogP contribution in [0.5, 0.6) is 17.2 Å². The van der Waals surface area contributed by atoms with E-state index in [0.29, 0.717) is 17.1 Å². The van der Waals surface area contributed by atoms with E-state index < -0.39 is 38.9 Å².